The molecule has 0 radical (unpaired) electrons. The molecule has 2 aromatic carbocycles. The number of anilines is 1. The van der Waals surface area contributed by atoms with Crippen molar-refractivity contribution in [2.24, 2.45) is 0 Å². The fourth-order valence-corrected chi connectivity index (χ4v) is 3.32. The maximum Gasteiger partial charge on any atom is 0.261 e. The quantitative estimate of drug-likeness (QED) is 0.791. The molecule has 0 aliphatic rings. The molecule has 2 aromatic rings. The predicted octanol–water partition coefficient (Wildman–Crippen LogP) is 3.02. The van der Waals surface area contributed by atoms with Gasteiger partial charge >= 0.3 is 0 Å². The van der Waals surface area contributed by atoms with Crippen LogP contribution in [0.5, 0.6) is 0 Å². The Kier molecular flexibility index (Phi) is 5.41. The predicted molar refractivity (Wildman–Crippen MR) is 95.7 cm³/mol. The van der Waals surface area contributed by atoms with Crippen molar-refractivity contribution in [3.8, 4) is 0 Å². The molecule has 0 saturated carbocycles. The third-order valence-electron chi connectivity index (χ3n) is 3.56. The molecule has 2 rings (SSSR count). The highest BCUT2D eigenvalue weighted by Crippen LogP contribution is 2.21. The molecule has 0 atom stereocenters. The van der Waals surface area contributed by atoms with Crippen LogP contribution in [0.25, 0.3) is 0 Å². The lowest BCUT2D eigenvalue weighted by atomic mass is 10.1. The molecular weight excluding hydrogens is 324 g/mol. The highest BCUT2D eigenvalue weighted by atomic mass is 32.2. The van der Waals surface area contributed by atoms with Gasteiger partial charge < -0.3 is 5.32 Å². The van der Waals surface area contributed by atoms with Crippen LogP contribution in [0.2, 0.25) is 0 Å². The van der Waals surface area contributed by atoms with Gasteiger partial charge in [0.2, 0.25) is 0 Å². The second-order valence-electron chi connectivity index (χ2n) is 5.40. The van der Waals surface area contributed by atoms with Gasteiger partial charge in [0.15, 0.2) is 0 Å². The van der Waals surface area contributed by atoms with Crippen LogP contribution >= 0.6 is 0 Å². The number of para-hydroxylation sites is 1. The number of rotatable bonds is 6. The molecule has 1 amide bonds. The van der Waals surface area contributed by atoms with Gasteiger partial charge in [-0.1, -0.05) is 30.3 Å². The number of nitrogens with one attached hydrogen (secondary N) is 2. The third kappa shape index (κ3) is 4.02. The van der Waals surface area contributed by atoms with Crippen molar-refractivity contribution < 1.29 is 13.2 Å². The molecule has 0 aromatic heterocycles. The van der Waals surface area contributed by atoms with Crippen LogP contribution in [0, 0.1) is 13.8 Å². The lowest BCUT2D eigenvalue weighted by molar-refractivity contribution is 0.0957. The van der Waals surface area contributed by atoms with Crippen LogP contribution in [0.4, 0.5) is 5.69 Å². The Labute approximate surface area is 142 Å². The lowest BCUT2D eigenvalue weighted by Crippen LogP contribution is -2.24. The van der Waals surface area contributed by atoms with Crippen LogP contribution in [0.1, 0.15) is 21.5 Å². The van der Waals surface area contributed by atoms with Gasteiger partial charge in [-0.15, -0.1) is 6.58 Å². The summed E-state index contributed by atoms with van der Waals surface area (Å²) in [7, 11) is -3.78. The van der Waals surface area contributed by atoms with Crippen molar-refractivity contribution in [3.63, 3.8) is 0 Å². The van der Waals surface area contributed by atoms with Crippen molar-refractivity contribution in [3.05, 3.63) is 71.8 Å². The van der Waals surface area contributed by atoms with Gasteiger partial charge in [0, 0.05) is 12.1 Å². The Morgan fingerprint density at radius 1 is 1.12 bits per heavy atom. The zero-order chi connectivity index (χ0) is 17.7. The molecule has 2 N–H and O–H groups in total. The Morgan fingerprint density at radius 3 is 2.50 bits per heavy atom. The molecule has 0 saturated heterocycles. The molecule has 0 spiro atoms. The average Bonchev–Trinajstić information content (AvgIpc) is 2.54. The van der Waals surface area contributed by atoms with Gasteiger partial charge in [0.1, 0.15) is 0 Å². The molecule has 6 heteroatoms. The van der Waals surface area contributed by atoms with Crippen molar-refractivity contribution in [2.75, 3.05) is 11.3 Å². The molecule has 24 heavy (non-hydrogen) atoms. The summed E-state index contributed by atoms with van der Waals surface area (Å²) >= 11 is 0. The van der Waals surface area contributed by atoms with Crippen LogP contribution in [0.15, 0.2) is 60.0 Å². The van der Waals surface area contributed by atoms with E-state index in [-0.39, 0.29) is 10.8 Å². The minimum absolute atomic E-state index is 0.0418. The minimum atomic E-state index is -3.78. The molecule has 0 fully saturated rings. The molecule has 0 unspecified atom stereocenters. The number of aryl methyl sites for hydroxylation is 2. The van der Waals surface area contributed by atoms with Crippen LogP contribution in [-0.2, 0) is 10.0 Å². The number of hydrogen-bond acceptors (Lipinski definition) is 3. The summed E-state index contributed by atoms with van der Waals surface area (Å²) in [5.74, 6) is -0.333. The number of carbonyl (C=O) groups excluding carboxylic acids is 1. The van der Waals surface area contributed by atoms with Gasteiger partial charge in [-0.3, -0.25) is 9.52 Å². The molecule has 0 aliphatic carbocycles. The van der Waals surface area contributed by atoms with Crippen molar-refractivity contribution in [1.82, 2.24) is 5.32 Å². The SMILES string of the molecule is C=CCNC(=O)c1cc(S(=O)(=O)Nc2ccccc2C)ccc1C. The first-order valence-electron chi connectivity index (χ1n) is 7.43. The zero-order valence-electron chi connectivity index (χ0n) is 13.7. The summed E-state index contributed by atoms with van der Waals surface area (Å²) in [5.41, 5.74) is 2.35. The molecular formula is C18H20N2O3S. The number of hydrogen-bond donors (Lipinski definition) is 2. The van der Waals surface area contributed by atoms with E-state index in [1.165, 1.54) is 12.1 Å². The normalized spacial score (nSPS) is 10.9. The maximum atomic E-state index is 12.6. The fraction of sp³-hybridized carbons (Fsp3) is 0.167. The summed E-state index contributed by atoms with van der Waals surface area (Å²) in [6.07, 6.45) is 1.56. The van der Waals surface area contributed by atoms with E-state index in [4.69, 9.17) is 0 Å². The molecule has 0 heterocycles. The van der Waals surface area contributed by atoms with Gasteiger partial charge in [-0.05, 0) is 43.2 Å². The van der Waals surface area contributed by atoms with Gasteiger partial charge in [-0.2, -0.15) is 0 Å². The lowest BCUT2D eigenvalue weighted by Gasteiger charge is -2.12. The number of sulfonamides is 1. The monoisotopic (exact) mass is 344 g/mol. The average molecular weight is 344 g/mol. The van der Waals surface area contributed by atoms with E-state index < -0.39 is 10.0 Å². The first kappa shape index (κ1) is 17.7. The van der Waals surface area contributed by atoms with Gasteiger partial charge in [0.05, 0.1) is 10.6 Å². The van der Waals surface area contributed by atoms with E-state index >= 15 is 0 Å². The number of amides is 1. The zero-order valence-corrected chi connectivity index (χ0v) is 14.5. The third-order valence-corrected chi connectivity index (χ3v) is 4.92. The summed E-state index contributed by atoms with van der Waals surface area (Å²) in [5, 5.41) is 2.65. The number of carbonyl (C=O) groups is 1. The second-order valence-corrected chi connectivity index (χ2v) is 7.08. The maximum absolute atomic E-state index is 12.6. The molecule has 126 valence electrons. The highest BCUT2D eigenvalue weighted by molar-refractivity contribution is 7.92. The Hall–Kier alpha value is -2.60. The molecule has 0 aliphatic heterocycles. The van der Waals surface area contributed by atoms with Crippen LogP contribution in [-0.4, -0.2) is 20.9 Å². The fourth-order valence-electron chi connectivity index (χ4n) is 2.16. The van der Waals surface area contributed by atoms with E-state index in [1.807, 2.05) is 19.1 Å². The van der Waals surface area contributed by atoms with E-state index in [2.05, 4.69) is 16.6 Å². The van der Waals surface area contributed by atoms with Gasteiger partial charge in [-0.25, -0.2) is 8.42 Å². The summed E-state index contributed by atoms with van der Waals surface area (Å²) in [6, 6.07) is 11.6. The van der Waals surface area contributed by atoms with E-state index in [0.29, 0.717) is 23.4 Å². The van der Waals surface area contributed by atoms with E-state index in [9.17, 15) is 13.2 Å². The first-order chi connectivity index (χ1) is 11.3. The summed E-state index contributed by atoms with van der Waals surface area (Å²) in [6.45, 7) is 7.43. The molecule has 0 bridgehead atoms. The standard InChI is InChI=1S/C18H20N2O3S/c1-4-11-19-18(21)16-12-15(10-9-13(16)2)24(22,23)20-17-8-6-5-7-14(17)3/h4-10,12,20H,1,11H2,2-3H3,(H,19,21). The Balaban J connectivity index is 2.35. The molecule has 5 nitrogen and oxygen atoms in total. The Morgan fingerprint density at radius 2 is 1.83 bits per heavy atom. The smallest absolute Gasteiger partial charge is 0.261 e. The number of benzene rings is 2. The topological polar surface area (TPSA) is 75.3 Å². The van der Waals surface area contributed by atoms with Crippen molar-refractivity contribution in [2.45, 2.75) is 18.7 Å². The van der Waals surface area contributed by atoms with Crippen LogP contribution < -0.4 is 10.0 Å². The second kappa shape index (κ2) is 7.31. The van der Waals surface area contributed by atoms with Crippen molar-refractivity contribution in [1.29, 1.82) is 0 Å². The highest BCUT2D eigenvalue weighted by Gasteiger charge is 2.18. The largest absolute Gasteiger partial charge is 0.349 e. The summed E-state index contributed by atoms with van der Waals surface area (Å²) in [4.78, 5) is 12.2. The van der Waals surface area contributed by atoms with Gasteiger partial charge in [0.25, 0.3) is 15.9 Å². The van der Waals surface area contributed by atoms with E-state index in [0.717, 1.165) is 5.56 Å². The van der Waals surface area contributed by atoms with Crippen LogP contribution in [0.3, 0.4) is 0 Å². The summed E-state index contributed by atoms with van der Waals surface area (Å²) < 4.78 is 27.7. The van der Waals surface area contributed by atoms with E-state index in [1.54, 1.807) is 31.2 Å². The minimum Gasteiger partial charge on any atom is -0.349 e. The Bertz CT molecular complexity index is 874. The van der Waals surface area contributed by atoms with Crippen molar-refractivity contribution >= 4 is 21.6 Å². The first-order valence-corrected chi connectivity index (χ1v) is 8.91.